The van der Waals surface area contributed by atoms with Crippen LogP contribution in [0.5, 0.6) is 0 Å². The fourth-order valence-electron chi connectivity index (χ4n) is 4.14. The van der Waals surface area contributed by atoms with Gasteiger partial charge in [0, 0.05) is 52.7 Å². The van der Waals surface area contributed by atoms with Gasteiger partial charge in [0.05, 0.1) is 11.3 Å². The molecule has 3 heterocycles. The largest absolute Gasteiger partial charge is 0.385 e. The molecule has 0 radical (unpaired) electrons. The van der Waals surface area contributed by atoms with Crippen LogP contribution >= 0.6 is 23.2 Å². The Morgan fingerprint density at radius 1 is 0.818 bits per heavy atom. The van der Waals surface area contributed by atoms with Crippen LogP contribution in [0.1, 0.15) is 18.4 Å². The van der Waals surface area contributed by atoms with E-state index in [-0.39, 0.29) is 0 Å². The molecule has 0 aliphatic carbocycles. The van der Waals surface area contributed by atoms with Crippen LogP contribution in [0.25, 0.3) is 22.6 Å². The molecule has 5 rings (SSSR count). The van der Waals surface area contributed by atoms with E-state index in [1.165, 1.54) is 0 Å². The van der Waals surface area contributed by atoms with Crippen molar-refractivity contribution >= 4 is 29.0 Å². The predicted octanol–water partition coefficient (Wildman–Crippen LogP) is 6.00. The Morgan fingerprint density at radius 2 is 1.48 bits per heavy atom. The SMILES string of the molecule is OC1(c2ccc(Cl)cc2)CCN(c2cc(-c3ccc(Cl)cc3)nc(-c3cccnc3)n2)CC1. The van der Waals surface area contributed by atoms with Gasteiger partial charge in [0.1, 0.15) is 5.82 Å². The first-order chi connectivity index (χ1) is 16.0. The number of nitrogens with zero attached hydrogens (tertiary/aromatic N) is 4. The van der Waals surface area contributed by atoms with Crippen molar-refractivity contribution in [2.45, 2.75) is 18.4 Å². The lowest BCUT2D eigenvalue weighted by molar-refractivity contribution is 0.0117. The lowest BCUT2D eigenvalue weighted by Gasteiger charge is -2.39. The Hall–Kier alpha value is -2.99. The Morgan fingerprint density at radius 3 is 2.12 bits per heavy atom. The first-order valence-electron chi connectivity index (χ1n) is 10.8. The molecule has 0 bridgehead atoms. The maximum Gasteiger partial charge on any atom is 0.163 e. The molecule has 1 aliphatic rings. The number of benzene rings is 2. The second-order valence-electron chi connectivity index (χ2n) is 8.21. The summed E-state index contributed by atoms with van der Waals surface area (Å²) in [5.41, 5.74) is 2.65. The summed E-state index contributed by atoms with van der Waals surface area (Å²) in [6.07, 6.45) is 4.68. The van der Waals surface area contributed by atoms with E-state index in [1.54, 1.807) is 12.4 Å². The summed E-state index contributed by atoms with van der Waals surface area (Å²) in [6, 6.07) is 20.9. The zero-order valence-corrected chi connectivity index (χ0v) is 19.3. The number of hydrogen-bond donors (Lipinski definition) is 1. The number of piperidine rings is 1. The highest BCUT2D eigenvalue weighted by Gasteiger charge is 2.34. The number of hydrogen-bond acceptors (Lipinski definition) is 5. The van der Waals surface area contributed by atoms with Crippen LogP contribution in [0.3, 0.4) is 0 Å². The van der Waals surface area contributed by atoms with E-state index >= 15 is 0 Å². The minimum Gasteiger partial charge on any atom is -0.385 e. The van der Waals surface area contributed by atoms with Crippen LogP contribution in [0, 0.1) is 0 Å². The Balaban J connectivity index is 1.47. The normalized spacial score (nSPS) is 15.4. The van der Waals surface area contributed by atoms with Gasteiger partial charge >= 0.3 is 0 Å². The minimum absolute atomic E-state index is 0.594. The fourth-order valence-corrected chi connectivity index (χ4v) is 4.40. The molecule has 1 N–H and O–H groups in total. The van der Waals surface area contributed by atoms with Crippen molar-refractivity contribution in [3.8, 4) is 22.6 Å². The van der Waals surface area contributed by atoms with Crippen molar-refractivity contribution in [2.75, 3.05) is 18.0 Å². The summed E-state index contributed by atoms with van der Waals surface area (Å²) in [7, 11) is 0. The summed E-state index contributed by atoms with van der Waals surface area (Å²) in [6.45, 7) is 1.34. The second kappa shape index (κ2) is 9.10. The van der Waals surface area contributed by atoms with Gasteiger partial charge in [-0.2, -0.15) is 0 Å². The van der Waals surface area contributed by atoms with Crippen molar-refractivity contribution in [3.05, 3.63) is 94.7 Å². The third-order valence-corrected chi connectivity index (χ3v) is 6.57. The zero-order chi connectivity index (χ0) is 22.8. The van der Waals surface area contributed by atoms with E-state index in [0.29, 0.717) is 41.8 Å². The van der Waals surface area contributed by atoms with Crippen LogP contribution in [0.15, 0.2) is 79.1 Å². The number of rotatable bonds is 4. The number of aliphatic hydroxyl groups is 1. The van der Waals surface area contributed by atoms with Crippen LogP contribution < -0.4 is 4.90 Å². The molecule has 4 aromatic rings. The number of halogens is 2. The summed E-state index contributed by atoms with van der Waals surface area (Å²) in [5.74, 6) is 1.44. The number of anilines is 1. The van der Waals surface area contributed by atoms with Gasteiger partial charge in [-0.25, -0.2) is 9.97 Å². The van der Waals surface area contributed by atoms with Crippen molar-refractivity contribution in [2.24, 2.45) is 0 Å². The van der Waals surface area contributed by atoms with Crippen LogP contribution in [0.2, 0.25) is 10.0 Å². The van der Waals surface area contributed by atoms with Crippen molar-refractivity contribution in [3.63, 3.8) is 0 Å². The van der Waals surface area contributed by atoms with E-state index in [9.17, 15) is 5.11 Å². The molecule has 2 aromatic carbocycles. The first kappa shape index (κ1) is 21.8. The van der Waals surface area contributed by atoms with Gasteiger partial charge in [0.25, 0.3) is 0 Å². The standard InChI is InChI=1S/C26H22Cl2N4O/c27-21-7-3-18(4-8-21)23-16-24(31-25(30-23)19-2-1-13-29-17-19)32-14-11-26(33,12-15-32)20-5-9-22(28)10-6-20/h1-10,13,16-17,33H,11-12,14-15H2. The Labute approximate surface area is 202 Å². The number of aromatic nitrogens is 3. The molecule has 33 heavy (non-hydrogen) atoms. The topological polar surface area (TPSA) is 62.1 Å². The minimum atomic E-state index is -0.876. The van der Waals surface area contributed by atoms with Crippen LogP contribution in [0.4, 0.5) is 5.82 Å². The summed E-state index contributed by atoms with van der Waals surface area (Å²) >= 11 is 12.1. The van der Waals surface area contributed by atoms with Crippen LogP contribution in [-0.4, -0.2) is 33.1 Å². The molecule has 7 heteroatoms. The molecule has 0 atom stereocenters. The third kappa shape index (κ3) is 4.71. The summed E-state index contributed by atoms with van der Waals surface area (Å²) in [4.78, 5) is 16.1. The molecule has 1 aliphatic heterocycles. The van der Waals surface area contributed by atoms with Gasteiger partial charge in [-0.1, -0.05) is 47.5 Å². The van der Waals surface area contributed by atoms with Gasteiger partial charge in [0.15, 0.2) is 5.82 Å². The van der Waals surface area contributed by atoms with Gasteiger partial charge in [-0.05, 0) is 54.8 Å². The van der Waals surface area contributed by atoms with Gasteiger partial charge in [0.2, 0.25) is 0 Å². The molecule has 1 fully saturated rings. The Kier molecular flexibility index (Phi) is 6.02. The predicted molar refractivity (Wildman–Crippen MR) is 133 cm³/mol. The third-order valence-electron chi connectivity index (χ3n) is 6.07. The van der Waals surface area contributed by atoms with E-state index in [2.05, 4.69) is 9.88 Å². The quantitative estimate of drug-likeness (QED) is 0.391. The molecule has 0 amide bonds. The summed E-state index contributed by atoms with van der Waals surface area (Å²) < 4.78 is 0. The highest BCUT2D eigenvalue weighted by molar-refractivity contribution is 6.30. The highest BCUT2D eigenvalue weighted by Crippen LogP contribution is 2.36. The molecular formula is C26H22Cl2N4O. The Bertz CT molecular complexity index is 1240. The second-order valence-corrected chi connectivity index (χ2v) is 9.08. The zero-order valence-electron chi connectivity index (χ0n) is 17.8. The monoisotopic (exact) mass is 476 g/mol. The molecule has 5 nitrogen and oxygen atoms in total. The molecule has 2 aromatic heterocycles. The average Bonchev–Trinajstić information content (AvgIpc) is 2.85. The fraction of sp³-hybridized carbons (Fsp3) is 0.192. The first-order valence-corrected chi connectivity index (χ1v) is 11.5. The molecule has 166 valence electrons. The van der Waals surface area contributed by atoms with Crippen molar-refractivity contribution < 1.29 is 5.11 Å². The molecule has 1 saturated heterocycles. The van der Waals surface area contributed by atoms with E-state index < -0.39 is 5.60 Å². The van der Waals surface area contributed by atoms with Gasteiger partial charge < -0.3 is 10.0 Å². The molecule has 0 spiro atoms. The molecular weight excluding hydrogens is 455 g/mol. The lowest BCUT2D eigenvalue weighted by atomic mass is 9.84. The number of pyridine rings is 1. The average molecular weight is 477 g/mol. The van der Waals surface area contributed by atoms with Gasteiger partial charge in [-0.3, -0.25) is 4.98 Å². The molecule has 0 saturated carbocycles. The highest BCUT2D eigenvalue weighted by atomic mass is 35.5. The van der Waals surface area contributed by atoms with Gasteiger partial charge in [-0.15, -0.1) is 0 Å². The maximum absolute atomic E-state index is 11.3. The van der Waals surface area contributed by atoms with E-state index in [0.717, 1.165) is 28.2 Å². The van der Waals surface area contributed by atoms with Crippen molar-refractivity contribution in [1.82, 2.24) is 15.0 Å². The van der Waals surface area contributed by atoms with Crippen LogP contribution in [-0.2, 0) is 5.60 Å². The smallest absolute Gasteiger partial charge is 0.163 e. The lowest BCUT2D eigenvalue weighted by Crippen LogP contribution is -2.43. The molecule has 0 unspecified atom stereocenters. The van der Waals surface area contributed by atoms with Crippen molar-refractivity contribution in [1.29, 1.82) is 0 Å². The maximum atomic E-state index is 11.3. The van der Waals surface area contributed by atoms with E-state index in [1.807, 2.05) is 66.7 Å². The summed E-state index contributed by atoms with van der Waals surface area (Å²) in [5, 5.41) is 12.6. The van der Waals surface area contributed by atoms with E-state index in [4.69, 9.17) is 33.2 Å².